The Morgan fingerprint density at radius 1 is 1.09 bits per heavy atom. The highest BCUT2D eigenvalue weighted by atomic mass is 35.5. The van der Waals surface area contributed by atoms with Gasteiger partial charge in [-0.1, -0.05) is 66.1 Å². The van der Waals surface area contributed by atoms with Crippen LogP contribution in [0.5, 0.6) is 0 Å². The number of halogens is 1. The molecule has 180 valence electrons. The van der Waals surface area contributed by atoms with Gasteiger partial charge in [-0.15, -0.1) is 0 Å². The standard InChI is InChI=1S/C27H25ClN2O5/c1-15(21-6-4-5-7-22(21)28)17(3)34-27(33)29-23-13-20(14-24-26(23)16(2)30-35-24)19-10-8-18(9-11-19)12-25(31)32/h4-11,13-15,17H,12H2,1-3H3,(H,29,33)(H,31,32). The number of aromatic nitrogens is 1. The second kappa shape index (κ2) is 10.2. The van der Waals surface area contributed by atoms with E-state index in [9.17, 15) is 9.59 Å². The summed E-state index contributed by atoms with van der Waals surface area (Å²) in [5, 5.41) is 17.2. The van der Waals surface area contributed by atoms with E-state index in [1.807, 2.05) is 62.4 Å². The quantitative estimate of drug-likeness (QED) is 0.293. The molecule has 0 spiro atoms. The Morgan fingerprint density at radius 3 is 2.49 bits per heavy atom. The minimum atomic E-state index is -0.889. The SMILES string of the molecule is Cc1noc2cc(-c3ccc(CC(=O)O)cc3)cc(NC(=O)OC(C)C(C)c3ccccc3Cl)c12. The van der Waals surface area contributed by atoms with Gasteiger partial charge in [-0.05, 0) is 54.3 Å². The van der Waals surface area contributed by atoms with Gasteiger partial charge in [0.15, 0.2) is 5.58 Å². The zero-order chi connectivity index (χ0) is 25.1. The van der Waals surface area contributed by atoms with Crippen LogP contribution < -0.4 is 5.32 Å². The number of ether oxygens (including phenoxy) is 1. The second-order valence-electron chi connectivity index (χ2n) is 8.48. The van der Waals surface area contributed by atoms with E-state index < -0.39 is 18.2 Å². The largest absolute Gasteiger partial charge is 0.481 e. The van der Waals surface area contributed by atoms with Crippen LogP contribution in [0.1, 0.15) is 36.6 Å². The highest BCUT2D eigenvalue weighted by Crippen LogP contribution is 2.34. The summed E-state index contributed by atoms with van der Waals surface area (Å²) in [6.45, 7) is 5.57. The highest BCUT2D eigenvalue weighted by molar-refractivity contribution is 6.31. The molecule has 2 unspecified atom stereocenters. The maximum absolute atomic E-state index is 12.8. The fraction of sp³-hybridized carbons (Fsp3) is 0.222. The van der Waals surface area contributed by atoms with Crippen LogP contribution in [0, 0.1) is 6.92 Å². The van der Waals surface area contributed by atoms with Crippen LogP contribution in [0.4, 0.5) is 10.5 Å². The molecule has 1 aromatic heterocycles. The number of hydrogen-bond donors (Lipinski definition) is 2. The molecule has 0 saturated heterocycles. The van der Waals surface area contributed by atoms with Gasteiger partial charge in [0.25, 0.3) is 0 Å². The van der Waals surface area contributed by atoms with Crippen LogP contribution in [0.15, 0.2) is 65.2 Å². The summed E-state index contributed by atoms with van der Waals surface area (Å²) in [6.07, 6.45) is -1.09. The number of anilines is 1. The first-order valence-corrected chi connectivity index (χ1v) is 11.5. The average molecular weight is 493 g/mol. The van der Waals surface area contributed by atoms with Crippen molar-refractivity contribution in [3.8, 4) is 11.1 Å². The van der Waals surface area contributed by atoms with E-state index in [1.54, 1.807) is 19.1 Å². The summed E-state index contributed by atoms with van der Waals surface area (Å²) in [5.74, 6) is -0.998. The predicted molar refractivity (Wildman–Crippen MR) is 135 cm³/mol. The summed E-state index contributed by atoms with van der Waals surface area (Å²) in [6, 6.07) is 18.3. The molecule has 7 nitrogen and oxygen atoms in total. The van der Waals surface area contributed by atoms with Crippen molar-refractivity contribution in [3.05, 3.63) is 82.5 Å². The molecule has 4 aromatic rings. The number of carbonyl (C=O) groups excluding carboxylic acids is 1. The molecule has 0 radical (unpaired) electrons. The summed E-state index contributed by atoms with van der Waals surface area (Å²) in [4.78, 5) is 23.8. The van der Waals surface area contributed by atoms with E-state index in [-0.39, 0.29) is 12.3 Å². The highest BCUT2D eigenvalue weighted by Gasteiger charge is 2.22. The Hall–Kier alpha value is -3.84. The van der Waals surface area contributed by atoms with Gasteiger partial charge in [0.1, 0.15) is 6.10 Å². The molecule has 0 fully saturated rings. The van der Waals surface area contributed by atoms with E-state index in [4.69, 9.17) is 26.0 Å². The van der Waals surface area contributed by atoms with Crippen molar-refractivity contribution in [2.75, 3.05) is 5.32 Å². The van der Waals surface area contributed by atoms with Gasteiger partial charge in [-0.25, -0.2) is 4.79 Å². The lowest BCUT2D eigenvalue weighted by Gasteiger charge is -2.22. The summed E-state index contributed by atoms with van der Waals surface area (Å²) in [7, 11) is 0. The van der Waals surface area contributed by atoms with E-state index in [0.717, 1.165) is 16.7 Å². The molecule has 0 saturated carbocycles. The van der Waals surface area contributed by atoms with Gasteiger partial charge in [0.2, 0.25) is 0 Å². The normalized spacial score (nSPS) is 12.8. The number of amides is 1. The van der Waals surface area contributed by atoms with Gasteiger partial charge in [0.05, 0.1) is 23.2 Å². The van der Waals surface area contributed by atoms with Crippen molar-refractivity contribution in [1.29, 1.82) is 0 Å². The van der Waals surface area contributed by atoms with Crippen molar-refractivity contribution >= 4 is 40.3 Å². The Bertz CT molecular complexity index is 1380. The van der Waals surface area contributed by atoms with Crippen molar-refractivity contribution in [3.63, 3.8) is 0 Å². The Morgan fingerprint density at radius 2 is 1.80 bits per heavy atom. The van der Waals surface area contributed by atoms with Crippen molar-refractivity contribution in [1.82, 2.24) is 5.16 Å². The first kappa shape index (κ1) is 24.3. The van der Waals surface area contributed by atoms with Crippen molar-refractivity contribution in [2.24, 2.45) is 0 Å². The third-order valence-corrected chi connectivity index (χ3v) is 6.36. The molecule has 0 aliphatic heterocycles. The maximum Gasteiger partial charge on any atom is 0.411 e. The average Bonchev–Trinajstić information content (AvgIpc) is 3.20. The zero-order valence-corrected chi connectivity index (χ0v) is 20.3. The third kappa shape index (κ3) is 5.46. The number of carboxylic acids is 1. The van der Waals surface area contributed by atoms with Crippen LogP contribution in [-0.2, 0) is 16.0 Å². The molecule has 0 bridgehead atoms. The number of rotatable bonds is 7. The van der Waals surface area contributed by atoms with Gasteiger partial charge < -0.3 is 14.4 Å². The molecule has 0 aliphatic rings. The fourth-order valence-corrected chi connectivity index (χ4v) is 4.29. The first-order chi connectivity index (χ1) is 16.7. The lowest BCUT2D eigenvalue weighted by Crippen LogP contribution is -2.24. The van der Waals surface area contributed by atoms with Gasteiger partial charge in [-0.3, -0.25) is 10.1 Å². The molecule has 4 rings (SSSR count). The van der Waals surface area contributed by atoms with E-state index in [0.29, 0.717) is 32.9 Å². The second-order valence-corrected chi connectivity index (χ2v) is 8.89. The van der Waals surface area contributed by atoms with Crippen molar-refractivity contribution in [2.45, 2.75) is 39.2 Å². The molecule has 1 amide bonds. The molecule has 2 atom stereocenters. The molecule has 2 N–H and O–H groups in total. The maximum atomic E-state index is 12.8. The number of benzene rings is 3. The number of carboxylic acid groups (broad SMARTS) is 1. The van der Waals surface area contributed by atoms with E-state index in [1.165, 1.54) is 0 Å². The molecule has 35 heavy (non-hydrogen) atoms. The number of nitrogens with one attached hydrogen (secondary N) is 1. The molecular weight excluding hydrogens is 468 g/mol. The van der Waals surface area contributed by atoms with Crippen molar-refractivity contribution < 1.29 is 24.0 Å². The zero-order valence-electron chi connectivity index (χ0n) is 19.5. The molecule has 3 aromatic carbocycles. The van der Waals surface area contributed by atoms with E-state index >= 15 is 0 Å². The number of nitrogens with zero attached hydrogens (tertiary/aromatic N) is 1. The summed E-state index contributed by atoms with van der Waals surface area (Å²) in [5.41, 5.74) is 4.88. The van der Waals surface area contributed by atoms with Crippen LogP contribution in [0.2, 0.25) is 5.02 Å². The number of hydrogen-bond acceptors (Lipinski definition) is 5. The van der Waals surface area contributed by atoms with E-state index in [2.05, 4.69) is 10.5 Å². The first-order valence-electron chi connectivity index (χ1n) is 11.2. The van der Waals surface area contributed by atoms with Crippen LogP contribution >= 0.6 is 11.6 Å². The van der Waals surface area contributed by atoms with Crippen LogP contribution in [0.3, 0.4) is 0 Å². The smallest absolute Gasteiger partial charge is 0.411 e. The van der Waals surface area contributed by atoms with Crippen LogP contribution in [0.25, 0.3) is 22.1 Å². The molecule has 8 heteroatoms. The topological polar surface area (TPSA) is 102 Å². The lowest BCUT2D eigenvalue weighted by molar-refractivity contribution is -0.136. The van der Waals surface area contributed by atoms with Gasteiger partial charge >= 0.3 is 12.1 Å². The van der Waals surface area contributed by atoms with Gasteiger partial charge in [0, 0.05) is 10.9 Å². The van der Waals surface area contributed by atoms with Crippen LogP contribution in [-0.4, -0.2) is 28.4 Å². The molecule has 0 aliphatic carbocycles. The Kier molecular flexibility index (Phi) is 7.07. The minimum Gasteiger partial charge on any atom is -0.481 e. The van der Waals surface area contributed by atoms with Gasteiger partial charge in [-0.2, -0.15) is 0 Å². The molecular formula is C27H25ClN2O5. The monoisotopic (exact) mass is 492 g/mol. The summed E-state index contributed by atoms with van der Waals surface area (Å²) >= 11 is 6.31. The Balaban J connectivity index is 1.57. The minimum absolute atomic E-state index is 0.0515. The third-order valence-electron chi connectivity index (χ3n) is 6.02. The number of aryl methyl sites for hydroxylation is 1. The summed E-state index contributed by atoms with van der Waals surface area (Å²) < 4.78 is 11.1. The Labute approximate surface area is 207 Å². The predicted octanol–water partition coefficient (Wildman–Crippen LogP) is 6.82. The number of carbonyl (C=O) groups is 2. The number of fused-ring (bicyclic) bond motifs is 1. The fourth-order valence-electron chi connectivity index (χ4n) is 3.99. The molecule has 1 heterocycles. The lowest BCUT2D eigenvalue weighted by atomic mass is 9.96. The number of aliphatic carboxylic acids is 1.